The van der Waals surface area contributed by atoms with E-state index in [1.165, 1.54) is 0 Å². The van der Waals surface area contributed by atoms with Crippen LogP contribution in [0.1, 0.15) is 20.8 Å². The Bertz CT molecular complexity index is 352. The van der Waals surface area contributed by atoms with Gasteiger partial charge in [0.05, 0.1) is 7.11 Å². The number of hydrogen-bond donors (Lipinski definition) is 1. The maximum atomic E-state index is 5.78. The van der Waals surface area contributed by atoms with E-state index >= 15 is 0 Å². The molecule has 4 nitrogen and oxygen atoms in total. The molecular weight excluding hydrogens is 214 g/mol. The maximum Gasteiger partial charge on any atom is 0.171 e. The summed E-state index contributed by atoms with van der Waals surface area (Å²) in [6.45, 7) is 8.83. The Labute approximate surface area is 104 Å². The first kappa shape index (κ1) is 13.8. The van der Waals surface area contributed by atoms with Crippen molar-refractivity contribution in [3.63, 3.8) is 0 Å². The molecule has 0 saturated heterocycles. The van der Waals surface area contributed by atoms with E-state index in [0.29, 0.717) is 6.54 Å². The molecular formula is C13H23N3O. The van der Waals surface area contributed by atoms with Gasteiger partial charge in [-0.25, -0.2) is 4.98 Å². The Morgan fingerprint density at radius 1 is 1.47 bits per heavy atom. The normalized spacial score (nSPS) is 11.4. The number of pyridine rings is 1. The van der Waals surface area contributed by atoms with Crippen molar-refractivity contribution in [1.29, 1.82) is 0 Å². The molecule has 0 aliphatic rings. The van der Waals surface area contributed by atoms with Gasteiger partial charge in [0.1, 0.15) is 0 Å². The van der Waals surface area contributed by atoms with Gasteiger partial charge in [0.15, 0.2) is 11.6 Å². The lowest BCUT2D eigenvalue weighted by atomic mass is 9.93. The molecule has 0 saturated carbocycles. The third-order valence-corrected chi connectivity index (χ3v) is 2.82. The molecule has 0 amide bonds. The zero-order chi connectivity index (χ0) is 12.9. The molecule has 0 radical (unpaired) electrons. The van der Waals surface area contributed by atoms with Crippen LogP contribution in [0.3, 0.4) is 0 Å². The SMILES string of the molecule is CCN(CC(C)(C)CN)c1ncccc1OC. The summed E-state index contributed by atoms with van der Waals surface area (Å²) in [7, 11) is 1.67. The van der Waals surface area contributed by atoms with Crippen molar-refractivity contribution < 1.29 is 4.74 Å². The van der Waals surface area contributed by atoms with E-state index in [9.17, 15) is 0 Å². The first-order chi connectivity index (χ1) is 8.04. The van der Waals surface area contributed by atoms with E-state index in [2.05, 4.69) is 30.7 Å². The number of aromatic nitrogens is 1. The second-order valence-electron chi connectivity index (χ2n) is 4.91. The third-order valence-electron chi connectivity index (χ3n) is 2.82. The van der Waals surface area contributed by atoms with Gasteiger partial charge in [0, 0.05) is 19.3 Å². The summed E-state index contributed by atoms with van der Waals surface area (Å²) >= 11 is 0. The number of hydrogen-bond acceptors (Lipinski definition) is 4. The average Bonchev–Trinajstić information content (AvgIpc) is 2.36. The number of nitrogens with two attached hydrogens (primary N) is 1. The lowest BCUT2D eigenvalue weighted by Crippen LogP contribution is -2.39. The topological polar surface area (TPSA) is 51.4 Å². The van der Waals surface area contributed by atoms with Crippen LogP contribution in [0.25, 0.3) is 0 Å². The maximum absolute atomic E-state index is 5.78. The van der Waals surface area contributed by atoms with E-state index < -0.39 is 0 Å². The minimum absolute atomic E-state index is 0.0680. The molecule has 2 N–H and O–H groups in total. The van der Waals surface area contributed by atoms with Gasteiger partial charge in [-0.2, -0.15) is 0 Å². The van der Waals surface area contributed by atoms with E-state index in [0.717, 1.165) is 24.7 Å². The van der Waals surface area contributed by atoms with Crippen molar-refractivity contribution >= 4 is 5.82 Å². The molecule has 1 heterocycles. The predicted octanol–water partition coefficient (Wildman–Crippen LogP) is 1.90. The Hall–Kier alpha value is -1.29. The summed E-state index contributed by atoms with van der Waals surface area (Å²) in [5.74, 6) is 1.70. The smallest absolute Gasteiger partial charge is 0.171 e. The van der Waals surface area contributed by atoms with Crippen molar-refractivity contribution in [2.24, 2.45) is 11.1 Å². The molecule has 1 aromatic rings. The molecule has 17 heavy (non-hydrogen) atoms. The highest BCUT2D eigenvalue weighted by Gasteiger charge is 2.22. The summed E-state index contributed by atoms with van der Waals surface area (Å²) in [6.07, 6.45) is 1.79. The van der Waals surface area contributed by atoms with Gasteiger partial charge in [-0.15, -0.1) is 0 Å². The molecule has 96 valence electrons. The van der Waals surface area contributed by atoms with Crippen LogP contribution in [0, 0.1) is 5.41 Å². The van der Waals surface area contributed by atoms with Crippen LogP contribution < -0.4 is 15.4 Å². The zero-order valence-corrected chi connectivity index (χ0v) is 11.2. The predicted molar refractivity (Wildman–Crippen MR) is 71.5 cm³/mol. The summed E-state index contributed by atoms with van der Waals surface area (Å²) in [4.78, 5) is 6.60. The highest BCUT2D eigenvalue weighted by Crippen LogP contribution is 2.27. The molecule has 0 aromatic carbocycles. The summed E-state index contributed by atoms with van der Waals surface area (Å²) in [5.41, 5.74) is 5.85. The fraction of sp³-hybridized carbons (Fsp3) is 0.615. The van der Waals surface area contributed by atoms with E-state index in [1.54, 1.807) is 13.3 Å². The van der Waals surface area contributed by atoms with Crippen molar-refractivity contribution in [3.05, 3.63) is 18.3 Å². The van der Waals surface area contributed by atoms with E-state index in [-0.39, 0.29) is 5.41 Å². The molecule has 1 aromatic heterocycles. The Morgan fingerprint density at radius 3 is 2.71 bits per heavy atom. The minimum Gasteiger partial charge on any atom is -0.493 e. The van der Waals surface area contributed by atoms with E-state index in [1.807, 2.05) is 12.1 Å². The Morgan fingerprint density at radius 2 is 2.18 bits per heavy atom. The number of anilines is 1. The minimum atomic E-state index is 0.0680. The lowest BCUT2D eigenvalue weighted by Gasteiger charge is -2.32. The van der Waals surface area contributed by atoms with Gasteiger partial charge >= 0.3 is 0 Å². The molecule has 0 aliphatic heterocycles. The quantitative estimate of drug-likeness (QED) is 0.821. The first-order valence-corrected chi connectivity index (χ1v) is 5.98. The van der Waals surface area contributed by atoms with Gasteiger partial charge < -0.3 is 15.4 Å². The number of ether oxygens (including phenoxy) is 1. The lowest BCUT2D eigenvalue weighted by molar-refractivity contribution is 0.372. The summed E-state index contributed by atoms with van der Waals surface area (Å²) in [6, 6.07) is 3.81. The number of methoxy groups -OCH3 is 1. The molecule has 0 fully saturated rings. The van der Waals surface area contributed by atoms with Crippen molar-refractivity contribution in [3.8, 4) is 5.75 Å². The Balaban J connectivity index is 2.93. The van der Waals surface area contributed by atoms with Gasteiger partial charge in [0.2, 0.25) is 0 Å². The van der Waals surface area contributed by atoms with Gasteiger partial charge in [-0.1, -0.05) is 13.8 Å². The van der Waals surface area contributed by atoms with Crippen LogP contribution in [0.4, 0.5) is 5.82 Å². The fourth-order valence-electron chi connectivity index (χ4n) is 1.70. The van der Waals surface area contributed by atoms with Crippen molar-refractivity contribution in [2.75, 3.05) is 31.6 Å². The van der Waals surface area contributed by atoms with Crippen LogP contribution in [-0.4, -0.2) is 31.7 Å². The highest BCUT2D eigenvalue weighted by atomic mass is 16.5. The standard InChI is InChI=1S/C13H23N3O/c1-5-16(10-13(2,3)9-14)12-11(17-4)7-6-8-15-12/h6-8H,5,9-10,14H2,1-4H3. The van der Waals surface area contributed by atoms with Crippen LogP contribution >= 0.6 is 0 Å². The van der Waals surface area contributed by atoms with Gasteiger partial charge in [-0.05, 0) is 31.0 Å². The monoisotopic (exact) mass is 237 g/mol. The first-order valence-electron chi connectivity index (χ1n) is 5.98. The van der Waals surface area contributed by atoms with Crippen LogP contribution in [0.2, 0.25) is 0 Å². The van der Waals surface area contributed by atoms with Crippen LogP contribution in [0.15, 0.2) is 18.3 Å². The second kappa shape index (κ2) is 5.87. The van der Waals surface area contributed by atoms with Crippen molar-refractivity contribution in [2.45, 2.75) is 20.8 Å². The molecule has 1 rings (SSSR count). The molecule has 0 unspecified atom stereocenters. The molecule has 0 bridgehead atoms. The van der Waals surface area contributed by atoms with Crippen LogP contribution in [-0.2, 0) is 0 Å². The highest BCUT2D eigenvalue weighted by molar-refractivity contribution is 5.52. The van der Waals surface area contributed by atoms with E-state index in [4.69, 9.17) is 10.5 Å². The largest absolute Gasteiger partial charge is 0.493 e. The van der Waals surface area contributed by atoms with Crippen molar-refractivity contribution in [1.82, 2.24) is 4.98 Å². The fourth-order valence-corrected chi connectivity index (χ4v) is 1.70. The van der Waals surface area contributed by atoms with Gasteiger partial charge in [0.25, 0.3) is 0 Å². The molecule has 0 aliphatic carbocycles. The average molecular weight is 237 g/mol. The summed E-state index contributed by atoms with van der Waals surface area (Å²) in [5, 5.41) is 0. The third kappa shape index (κ3) is 3.60. The zero-order valence-electron chi connectivity index (χ0n) is 11.2. The van der Waals surface area contributed by atoms with Gasteiger partial charge in [-0.3, -0.25) is 0 Å². The molecule has 0 atom stereocenters. The molecule has 4 heteroatoms. The number of nitrogens with zero attached hydrogens (tertiary/aromatic N) is 2. The van der Waals surface area contributed by atoms with Crippen LogP contribution in [0.5, 0.6) is 5.75 Å². The second-order valence-corrected chi connectivity index (χ2v) is 4.91. The molecule has 0 spiro atoms. The number of rotatable bonds is 6. The summed E-state index contributed by atoms with van der Waals surface area (Å²) < 4.78 is 5.34. The Kier molecular flexibility index (Phi) is 4.75.